The van der Waals surface area contributed by atoms with Crippen LogP contribution < -0.4 is 5.32 Å². The van der Waals surface area contributed by atoms with E-state index in [9.17, 15) is 0 Å². The van der Waals surface area contributed by atoms with Gasteiger partial charge in [0.25, 0.3) is 0 Å². The summed E-state index contributed by atoms with van der Waals surface area (Å²) in [6.07, 6.45) is 1.15. The summed E-state index contributed by atoms with van der Waals surface area (Å²) >= 11 is 1.78. The fourth-order valence-electron chi connectivity index (χ4n) is 1.83. The topological polar surface area (TPSA) is 24.9 Å². The normalized spacial score (nSPS) is 17.8. The molecule has 3 heteroatoms. The molecule has 2 unspecified atom stereocenters. The number of nitrogens with zero attached hydrogens (tertiary/aromatic N) is 1. The van der Waals surface area contributed by atoms with Crippen LogP contribution in [0.15, 0.2) is 5.38 Å². The molecule has 0 saturated carbocycles. The van der Waals surface area contributed by atoms with Gasteiger partial charge in [0.15, 0.2) is 0 Å². The van der Waals surface area contributed by atoms with Gasteiger partial charge in [0.1, 0.15) is 5.01 Å². The maximum atomic E-state index is 4.85. The molecule has 1 N–H and O–H groups in total. The van der Waals surface area contributed by atoms with Crippen LogP contribution in [0, 0.1) is 5.92 Å². The van der Waals surface area contributed by atoms with Gasteiger partial charge in [0.05, 0.1) is 11.2 Å². The lowest BCUT2D eigenvalue weighted by molar-refractivity contribution is 0.258. The summed E-state index contributed by atoms with van der Waals surface area (Å²) in [4.78, 5) is 4.85. The van der Waals surface area contributed by atoms with E-state index >= 15 is 0 Å². The van der Waals surface area contributed by atoms with Crippen LogP contribution >= 0.6 is 11.3 Å². The summed E-state index contributed by atoms with van der Waals surface area (Å²) in [6.45, 7) is 13.4. The van der Waals surface area contributed by atoms with Crippen molar-refractivity contribution in [1.29, 1.82) is 0 Å². The van der Waals surface area contributed by atoms with Crippen molar-refractivity contribution in [3.8, 4) is 0 Å². The molecule has 17 heavy (non-hydrogen) atoms. The molecule has 0 bridgehead atoms. The molecule has 0 aliphatic rings. The Morgan fingerprint density at radius 3 is 2.29 bits per heavy atom. The Hall–Kier alpha value is -0.410. The molecule has 0 amide bonds. The van der Waals surface area contributed by atoms with E-state index < -0.39 is 0 Å². The molecule has 2 atom stereocenters. The van der Waals surface area contributed by atoms with Crippen LogP contribution in [0.2, 0.25) is 0 Å². The third-order valence-electron chi connectivity index (χ3n) is 3.83. The van der Waals surface area contributed by atoms with E-state index in [4.69, 9.17) is 4.98 Å². The smallest absolute Gasteiger partial charge is 0.113 e. The summed E-state index contributed by atoms with van der Waals surface area (Å²) < 4.78 is 0. The molecule has 0 aromatic carbocycles. The molecule has 1 aromatic rings. The minimum atomic E-state index is -0.0110. The molecule has 0 aliphatic carbocycles. The van der Waals surface area contributed by atoms with Crippen LogP contribution in [0.4, 0.5) is 0 Å². The van der Waals surface area contributed by atoms with E-state index in [1.54, 1.807) is 11.3 Å². The highest BCUT2D eigenvalue weighted by atomic mass is 32.1. The first-order valence-corrected chi connectivity index (χ1v) is 7.29. The molecule has 1 heterocycles. The molecule has 0 saturated heterocycles. The Morgan fingerprint density at radius 2 is 1.94 bits per heavy atom. The molecule has 0 spiro atoms. The zero-order valence-corrected chi connectivity index (χ0v) is 13.0. The maximum Gasteiger partial charge on any atom is 0.113 e. The van der Waals surface area contributed by atoms with Crippen LogP contribution in [0.3, 0.4) is 0 Å². The van der Waals surface area contributed by atoms with Crippen LogP contribution in [0.1, 0.15) is 58.7 Å². The van der Waals surface area contributed by atoms with Crippen molar-refractivity contribution in [2.45, 2.75) is 58.9 Å². The van der Waals surface area contributed by atoms with E-state index in [0.717, 1.165) is 6.42 Å². The molecule has 0 radical (unpaired) electrons. The molecule has 98 valence electrons. The largest absolute Gasteiger partial charge is 0.308 e. The van der Waals surface area contributed by atoms with Crippen molar-refractivity contribution in [3.05, 3.63) is 16.1 Å². The standard InChI is InChI=1S/C14H26N2S/c1-8-10(2)14(6,15-7)12-16-11(9-17-12)13(3,4)5/h9-10,15H,8H2,1-7H3. The number of hydrogen-bond donors (Lipinski definition) is 1. The molecule has 0 aliphatic heterocycles. The van der Waals surface area contributed by atoms with Gasteiger partial charge >= 0.3 is 0 Å². The predicted molar refractivity (Wildman–Crippen MR) is 76.7 cm³/mol. The summed E-state index contributed by atoms with van der Waals surface area (Å²) in [6, 6.07) is 0. The van der Waals surface area contributed by atoms with Crippen molar-refractivity contribution in [2.75, 3.05) is 7.05 Å². The first-order valence-electron chi connectivity index (χ1n) is 6.41. The number of aromatic nitrogens is 1. The average Bonchev–Trinajstić information content (AvgIpc) is 2.76. The van der Waals surface area contributed by atoms with Gasteiger partial charge in [-0.2, -0.15) is 0 Å². The minimum Gasteiger partial charge on any atom is -0.308 e. The van der Waals surface area contributed by atoms with Gasteiger partial charge in [-0.1, -0.05) is 41.0 Å². The predicted octanol–water partition coefficient (Wildman–Crippen LogP) is 3.92. The van der Waals surface area contributed by atoms with Crippen LogP contribution in [0.5, 0.6) is 0 Å². The van der Waals surface area contributed by atoms with Gasteiger partial charge in [-0.15, -0.1) is 11.3 Å². The lowest BCUT2D eigenvalue weighted by Crippen LogP contribution is -2.42. The number of thiazole rings is 1. The molecule has 1 aromatic heterocycles. The van der Waals surface area contributed by atoms with Gasteiger partial charge in [-0.3, -0.25) is 0 Å². The fourth-order valence-corrected chi connectivity index (χ4v) is 3.16. The van der Waals surface area contributed by atoms with Gasteiger partial charge in [-0.25, -0.2) is 4.98 Å². The quantitative estimate of drug-likeness (QED) is 0.881. The van der Waals surface area contributed by atoms with E-state index in [2.05, 4.69) is 52.2 Å². The van der Waals surface area contributed by atoms with E-state index in [1.165, 1.54) is 10.7 Å². The van der Waals surface area contributed by atoms with Gasteiger partial charge in [0, 0.05) is 10.8 Å². The first-order chi connectivity index (χ1) is 7.75. The Bertz CT molecular complexity index is 365. The summed E-state index contributed by atoms with van der Waals surface area (Å²) in [5, 5.41) is 6.87. The molecular weight excluding hydrogens is 228 g/mol. The van der Waals surface area contributed by atoms with E-state index in [-0.39, 0.29) is 11.0 Å². The number of rotatable bonds is 4. The lowest BCUT2D eigenvalue weighted by atomic mass is 9.85. The highest BCUT2D eigenvalue weighted by Gasteiger charge is 2.34. The Balaban J connectivity index is 3.10. The van der Waals surface area contributed by atoms with Crippen molar-refractivity contribution < 1.29 is 0 Å². The second kappa shape index (κ2) is 5.07. The summed E-state index contributed by atoms with van der Waals surface area (Å²) in [5.41, 5.74) is 1.32. The second-order valence-electron chi connectivity index (χ2n) is 6.05. The summed E-state index contributed by atoms with van der Waals surface area (Å²) in [5.74, 6) is 0.575. The van der Waals surface area contributed by atoms with Crippen molar-refractivity contribution in [2.24, 2.45) is 5.92 Å². The highest BCUT2D eigenvalue weighted by molar-refractivity contribution is 7.09. The fraction of sp³-hybridized carbons (Fsp3) is 0.786. The van der Waals surface area contributed by atoms with Gasteiger partial charge < -0.3 is 5.32 Å². The monoisotopic (exact) mass is 254 g/mol. The zero-order valence-electron chi connectivity index (χ0n) is 12.2. The molecule has 1 rings (SSSR count). The van der Waals surface area contributed by atoms with Crippen molar-refractivity contribution in [3.63, 3.8) is 0 Å². The van der Waals surface area contributed by atoms with Crippen LogP contribution in [0.25, 0.3) is 0 Å². The third kappa shape index (κ3) is 2.89. The van der Waals surface area contributed by atoms with Crippen molar-refractivity contribution in [1.82, 2.24) is 10.3 Å². The molecule has 2 nitrogen and oxygen atoms in total. The Labute approximate surface area is 110 Å². The third-order valence-corrected chi connectivity index (χ3v) is 4.91. The first kappa shape index (κ1) is 14.7. The second-order valence-corrected chi connectivity index (χ2v) is 6.91. The lowest BCUT2D eigenvalue weighted by Gasteiger charge is -2.33. The van der Waals surface area contributed by atoms with Gasteiger partial charge in [0.2, 0.25) is 0 Å². The Kier molecular flexibility index (Phi) is 4.37. The van der Waals surface area contributed by atoms with Gasteiger partial charge in [-0.05, 0) is 19.9 Å². The van der Waals surface area contributed by atoms with Crippen LogP contribution in [-0.4, -0.2) is 12.0 Å². The maximum absolute atomic E-state index is 4.85. The Morgan fingerprint density at radius 1 is 1.35 bits per heavy atom. The minimum absolute atomic E-state index is 0.0110. The zero-order chi connectivity index (χ0) is 13.3. The number of hydrogen-bond acceptors (Lipinski definition) is 3. The van der Waals surface area contributed by atoms with E-state index in [0.29, 0.717) is 5.92 Å². The molecule has 0 fully saturated rings. The number of nitrogens with one attached hydrogen (secondary N) is 1. The highest BCUT2D eigenvalue weighted by Crippen LogP contribution is 2.35. The van der Waals surface area contributed by atoms with Crippen LogP contribution in [-0.2, 0) is 11.0 Å². The van der Waals surface area contributed by atoms with E-state index in [1.807, 2.05) is 7.05 Å². The average molecular weight is 254 g/mol. The molecular formula is C14H26N2S. The van der Waals surface area contributed by atoms with Crippen molar-refractivity contribution >= 4 is 11.3 Å². The summed E-state index contributed by atoms with van der Waals surface area (Å²) in [7, 11) is 2.03. The SMILES string of the molecule is CCC(C)C(C)(NC)c1nc(C(C)(C)C)cs1.